The molecular formula is C24H45N3O. The number of aliphatic hydroxyl groups excluding tert-OH is 1. The maximum atomic E-state index is 9.30. The molecule has 0 heterocycles. The Morgan fingerprint density at radius 3 is 2.46 bits per heavy atom. The van der Waals surface area contributed by atoms with Gasteiger partial charge in [-0.15, -0.1) is 0 Å². The zero-order valence-corrected chi connectivity index (χ0v) is 18.4. The predicted molar refractivity (Wildman–Crippen MR) is 115 cm³/mol. The Kier molecular flexibility index (Phi) is 5.66. The first-order valence-corrected chi connectivity index (χ1v) is 12.1. The zero-order chi connectivity index (χ0) is 20.3. The molecule has 7 N–H and O–H groups in total. The Bertz CT molecular complexity index is 570. The van der Waals surface area contributed by atoms with Crippen molar-refractivity contribution in [2.45, 2.75) is 96.7 Å². The molecule has 0 radical (unpaired) electrons. The fourth-order valence-electron chi connectivity index (χ4n) is 8.99. The third-order valence-electron chi connectivity index (χ3n) is 10.6. The summed E-state index contributed by atoms with van der Waals surface area (Å²) in [5.41, 5.74) is 21.0. The van der Waals surface area contributed by atoms with Gasteiger partial charge in [0.15, 0.2) is 0 Å². The predicted octanol–water partition coefficient (Wildman–Crippen LogP) is 3.26. The van der Waals surface area contributed by atoms with Crippen molar-refractivity contribution in [3.05, 3.63) is 0 Å². The van der Waals surface area contributed by atoms with Crippen LogP contribution in [0.1, 0.15) is 78.6 Å². The van der Waals surface area contributed by atoms with Gasteiger partial charge in [0.05, 0.1) is 0 Å². The molecule has 4 unspecified atom stereocenters. The zero-order valence-electron chi connectivity index (χ0n) is 18.4. The molecule has 162 valence electrons. The van der Waals surface area contributed by atoms with Gasteiger partial charge in [0.1, 0.15) is 0 Å². The topological polar surface area (TPSA) is 98.3 Å². The highest BCUT2D eigenvalue weighted by Gasteiger charge is 2.64. The molecule has 28 heavy (non-hydrogen) atoms. The van der Waals surface area contributed by atoms with Crippen LogP contribution in [0.15, 0.2) is 0 Å². The molecule has 4 fully saturated rings. The molecular weight excluding hydrogens is 346 g/mol. The molecule has 11 atom stereocenters. The van der Waals surface area contributed by atoms with Crippen LogP contribution in [0.3, 0.4) is 0 Å². The minimum atomic E-state index is 0.210. The van der Waals surface area contributed by atoms with E-state index in [0.29, 0.717) is 59.6 Å². The summed E-state index contributed by atoms with van der Waals surface area (Å²) in [7, 11) is 0. The smallest absolute Gasteiger partial charge is 0.0431 e. The second-order valence-electron chi connectivity index (χ2n) is 11.7. The minimum absolute atomic E-state index is 0.210. The normalized spacial score (nSPS) is 54.5. The number of nitrogens with two attached hydrogens (primary N) is 3. The van der Waals surface area contributed by atoms with E-state index in [4.69, 9.17) is 17.2 Å². The van der Waals surface area contributed by atoms with E-state index in [-0.39, 0.29) is 11.5 Å². The molecule has 4 rings (SSSR count). The van der Waals surface area contributed by atoms with Crippen LogP contribution in [-0.2, 0) is 0 Å². The second-order valence-corrected chi connectivity index (χ2v) is 11.7. The van der Waals surface area contributed by atoms with Crippen molar-refractivity contribution in [1.82, 2.24) is 0 Å². The summed E-state index contributed by atoms with van der Waals surface area (Å²) in [5.74, 6) is 3.98. The van der Waals surface area contributed by atoms with Gasteiger partial charge in [0.25, 0.3) is 0 Å². The summed E-state index contributed by atoms with van der Waals surface area (Å²) in [4.78, 5) is 0. The van der Waals surface area contributed by atoms with Crippen LogP contribution in [-0.4, -0.2) is 29.8 Å². The van der Waals surface area contributed by atoms with E-state index in [1.807, 2.05) is 0 Å². The molecule has 4 nitrogen and oxygen atoms in total. The quantitative estimate of drug-likeness (QED) is 0.591. The lowest BCUT2D eigenvalue weighted by Gasteiger charge is -2.64. The first-order valence-electron chi connectivity index (χ1n) is 12.1. The van der Waals surface area contributed by atoms with E-state index >= 15 is 0 Å². The van der Waals surface area contributed by atoms with Gasteiger partial charge in [0.2, 0.25) is 0 Å². The average molecular weight is 392 g/mol. The second kappa shape index (κ2) is 7.51. The summed E-state index contributed by atoms with van der Waals surface area (Å²) in [5, 5.41) is 9.30. The monoisotopic (exact) mass is 391 g/mol. The van der Waals surface area contributed by atoms with Gasteiger partial charge in [-0.25, -0.2) is 0 Å². The molecule has 4 saturated carbocycles. The first kappa shape index (κ1) is 21.1. The molecule has 0 aromatic carbocycles. The van der Waals surface area contributed by atoms with Gasteiger partial charge < -0.3 is 22.3 Å². The highest BCUT2D eigenvalue weighted by Crippen LogP contribution is 2.67. The third kappa shape index (κ3) is 3.01. The van der Waals surface area contributed by atoms with E-state index in [0.717, 1.165) is 32.1 Å². The van der Waals surface area contributed by atoms with E-state index in [1.165, 1.54) is 25.7 Å². The van der Waals surface area contributed by atoms with Crippen LogP contribution < -0.4 is 17.2 Å². The number of aliphatic hydroxyl groups is 1. The SMILES string of the molecule is C[C@H](CCCO)[C@H]1CCC2C3C(C[C@H](N)[C@@]21C)[C@@]1(C)CC[C@@H](N)CC1C[C@H]3N. The van der Waals surface area contributed by atoms with Crippen LogP contribution in [0, 0.1) is 46.3 Å². The van der Waals surface area contributed by atoms with Crippen LogP contribution in [0.4, 0.5) is 0 Å². The molecule has 0 bridgehead atoms. The summed E-state index contributed by atoms with van der Waals surface area (Å²) in [6.45, 7) is 7.76. The molecule has 0 aliphatic heterocycles. The summed E-state index contributed by atoms with van der Waals surface area (Å²) in [6, 6.07) is 0.963. The van der Waals surface area contributed by atoms with Gasteiger partial charge in [-0.1, -0.05) is 20.8 Å². The Labute approximate surface area is 172 Å². The van der Waals surface area contributed by atoms with Crippen LogP contribution >= 0.6 is 0 Å². The molecule has 4 aliphatic rings. The first-order chi connectivity index (χ1) is 13.2. The fraction of sp³-hybridized carbons (Fsp3) is 1.00. The largest absolute Gasteiger partial charge is 0.396 e. The van der Waals surface area contributed by atoms with Crippen molar-refractivity contribution >= 4 is 0 Å². The summed E-state index contributed by atoms with van der Waals surface area (Å²) < 4.78 is 0. The van der Waals surface area contributed by atoms with Gasteiger partial charge in [-0.05, 0) is 104 Å². The maximum absolute atomic E-state index is 9.30. The standard InChI is InChI=1S/C24H45N3O/c1-14(5-4-10-28)17-6-7-18-22-19(13-21(27)24(17,18)3)23(2)9-8-16(25)11-15(23)12-20(22)26/h14-22,28H,4-13,25-27H2,1-3H3/t14-,15?,16-,17-,18?,19?,20-,21+,22?,23+,24-/m1/s1. The molecule has 4 aliphatic carbocycles. The average Bonchev–Trinajstić information content (AvgIpc) is 3.01. The summed E-state index contributed by atoms with van der Waals surface area (Å²) in [6.07, 6.45) is 10.5. The Morgan fingerprint density at radius 1 is 1.00 bits per heavy atom. The third-order valence-corrected chi connectivity index (χ3v) is 10.6. The Hall–Kier alpha value is -0.160. The van der Waals surface area contributed by atoms with Gasteiger partial charge >= 0.3 is 0 Å². The highest BCUT2D eigenvalue weighted by molar-refractivity contribution is 5.16. The molecule has 0 aromatic heterocycles. The molecule has 0 spiro atoms. The van der Waals surface area contributed by atoms with Crippen molar-refractivity contribution < 1.29 is 5.11 Å². The maximum Gasteiger partial charge on any atom is 0.0431 e. The van der Waals surface area contributed by atoms with Crippen molar-refractivity contribution in [3.63, 3.8) is 0 Å². The van der Waals surface area contributed by atoms with E-state index in [1.54, 1.807) is 0 Å². The lowest BCUT2D eigenvalue weighted by Crippen LogP contribution is -2.65. The minimum Gasteiger partial charge on any atom is -0.396 e. The van der Waals surface area contributed by atoms with Crippen molar-refractivity contribution in [1.29, 1.82) is 0 Å². The van der Waals surface area contributed by atoms with Gasteiger partial charge in [-0.3, -0.25) is 0 Å². The lowest BCUT2D eigenvalue weighted by atomic mass is 9.42. The van der Waals surface area contributed by atoms with Crippen LogP contribution in [0.2, 0.25) is 0 Å². The van der Waals surface area contributed by atoms with E-state index in [2.05, 4.69) is 20.8 Å². The van der Waals surface area contributed by atoms with Gasteiger partial charge in [-0.2, -0.15) is 0 Å². The number of fused-ring (bicyclic) bond motifs is 5. The number of hydrogen-bond donors (Lipinski definition) is 4. The lowest BCUT2D eigenvalue weighted by molar-refractivity contribution is -0.132. The fourth-order valence-corrected chi connectivity index (χ4v) is 8.99. The highest BCUT2D eigenvalue weighted by atomic mass is 16.2. The van der Waals surface area contributed by atoms with E-state index < -0.39 is 0 Å². The molecule has 0 amide bonds. The number of hydrogen-bond acceptors (Lipinski definition) is 4. The van der Waals surface area contributed by atoms with E-state index in [9.17, 15) is 5.11 Å². The Morgan fingerprint density at radius 2 is 1.75 bits per heavy atom. The molecule has 4 heteroatoms. The van der Waals surface area contributed by atoms with Crippen molar-refractivity contribution in [3.8, 4) is 0 Å². The number of rotatable bonds is 4. The van der Waals surface area contributed by atoms with Crippen molar-refractivity contribution in [2.24, 2.45) is 63.5 Å². The summed E-state index contributed by atoms with van der Waals surface area (Å²) >= 11 is 0. The molecule has 0 saturated heterocycles. The van der Waals surface area contributed by atoms with Crippen LogP contribution in [0.5, 0.6) is 0 Å². The van der Waals surface area contributed by atoms with Crippen LogP contribution in [0.25, 0.3) is 0 Å². The van der Waals surface area contributed by atoms with Gasteiger partial charge in [0, 0.05) is 24.7 Å². The van der Waals surface area contributed by atoms with Crippen molar-refractivity contribution in [2.75, 3.05) is 6.61 Å². The Balaban J connectivity index is 1.62. The molecule has 0 aromatic rings.